The molecule has 1 heterocycles. The van der Waals surface area contributed by atoms with Crippen LogP contribution in [0.2, 0.25) is 0 Å². The maximum atomic E-state index is 11.7. The zero-order chi connectivity index (χ0) is 18.6. The van der Waals surface area contributed by atoms with Crippen LogP contribution in [0.4, 0.5) is 4.79 Å². The number of fused-ring (bicyclic) bond motifs is 1. The molecule has 0 saturated carbocycles. The number of aryl methyl sites for hydroxylation is 1. The van der Waals surface area contributed by atoms with Crippen molar-refractivity contribution in [1.29, 1.82) is 5.41 Å². The molecule has 0 bridgehead atoms. The average Bonchev–Trinajstić information content (AvgIpc) is 2.56. The number of carbonyl (C=O) groups excluding carboxylic acids is 1. The number of rotatable bonds is 4. The van der Waals surface area contributed by atoms with Gasteiger partial charge in [0.25, 0.3) is 0 Å². The highest BCUT2D eigenvalue weighted by molar-refractivity contribution is 8.13. The minimum absolute atomic E-state index is 0.159. The van der Waals surface area contributed by atoms with E-state index in [4.69, 9.17) is 19.7 Å². The maximum absolute atomic E-state index is 11.7. The molecular formula is C18H26N2O4S. The molecule has 1 aromatic carbocycles. The van der Waals surface area contributed by atoms with Crippen molar-refractivity contribution in [2.75, 3.05) is 6.26 Å². The Morgan fingerprint density at radius 1 is 1.44 bits per heavy atom. The predicted octanol–water partition coefficient (Wildman–Crippen LogP) is 3.91. The molecule has 0 aliphatic carbocycles. The number of hydroxylamine groups is 1. The van der Waals surface area contributed by atoms with E-state index in [1.54, 1.807) is 20.8 Å². The summed E-state index contributed by atoms with van der Waals surface area (Å²) >= 11 is 1.42. The molecule has 0 saturated heterocycles. The quantitative estimate of drug-likeness (QED) is 0.480. The molecule has 0 spiro atoms. The lowest BCUT2D eigenvalue weighted by Gasteiger charge is -2.30. The smallest absolute Gasteiger partial charge is 0.431 e. The molecular weight excluding hydrogens is 340 g/mol. The number of ether oxygens (including phenoxy) is 2. The minimum Gasteiger partial charge on any atom is -0.487 e. The van der Waals surface area contributed by atoms with Crippen molar-refractivity contribution in [3.05, 3.63) is 29.3 Å². The molecule has 0 radical (unpaired) electrons. The highest BCUT2D eigenvalue weighted by atomic mass is 32.2. The van der Waals surface area contributed by atoms with Gasteiger partial charge < -0.3 is 9.47 Å². The van der Waals surface area contributed by atoms with Crippen LogP contribution in [0.25, 0.3) is 0 Å². The topological polar surface area (TPSA) is 80.6 Å². The lowest BCUT2D eigenvalue weighted by Crippen LogP contribution is -2.41. The third-order valence-corrected chi connectivity index (χ3v) is 4.40. The summed E-state index contributed by atoms with van der Waals surface area (Å²) in [4.78, 5) is 17.0. The molecule has 1 aromatic rings. The van der Waals surface area contributed by atoms with Gasteiger partial charge in [-0.15, -0.1) is 11.8 Å². The first-order chi connectivity index (χ1) is 11.7. The van der Waals surface area contributed by atoms with Crippen LogP contribution in [-0.2, 0) is 16.0 Å². The summed E-state index contributed by atoms with van der Waals surface area (Å²) in [7, 11) is 0. The summed E-state index contributed by atoms with van der Waals surface area (Å²) in [6.45, 7) is 7.23. The van der Waals surface area contributed by atoms with Gasteiger partial charge in [-0.25, -0.2) is 4.79 Å². The fourth-order valence-electron chi connectivity index (χ4n) is 2.52. The van der Waals surface area contributed by atoms with Crippen LogP contribution in [-0.4, -0.2) is 35.2 Å². The Hall–Kier alpha value is -1.73. The monoisotopic (exact) mass is 366 g/mol. The van der Waals surface area contributed by atoms with Crippen LogP contribution in [0.5, 0.6) is 5.75 Å². The van der Waals surface area contributed by atoms with Crippen molar-refractivity contribution in [3.63, 3.8) is 0 Å². The van der Waals surface area contributed by atoms with Gasteiger partial charge in [-0.3, -0.25) is 10.2 Å². The first-order valence-corrected chi connectivity index (χ1v) is 9.49. The van der Waals surface area contributed by atoms with Crippen molar-refractivity contribution in [1.82, 2.24) is 5.48 Å². The Morgan fingerprint density at radius 3 is 2.80 bits per heavy atom. The molecule has 7 heteroatoms. The fraction of sp³-hybridized carbons (Fsp3) is 0.556. The van der Waals surface area contributed by atoms with E-state index in [0.717, 1.165) is 29.7 Å². The summed E-state index contributed by atoms with van der Waals surface area (Å²) < 4.78 is 11.1. The van der Waals surface area contributed by atoms with Crippen molar-refractivity contribution >= 4 is 22.9 Å². The van der Waals surface area contributed by atoms with E-state index in [0.29, 0.717) is 5.04 Å². The number of amides is 1. The Kier molecular flexibility index (Phi) is 6.35. The normalized spacial score (nSPS) is 17.9. The van der Waals surface area contributed by atoms with Gasteiger partial charge in [-0.1, -0.05) is 0 Å². The van der Waals surface area contributed by atoms with E-state index in [1.807, 2.05) is 31.4 Å². The number of hydrogen-bond acceptors (Lipinski definition) is 6. The van der Waals surface area contributed by atoms with Gasteiger partial charge in [0.05, 0.1) is 5.04 Å². The van der Waals surface area contributed by atoms with Gasteiger partial charge >= 0.3 is 6.09 Å². The van der Waals surface area contributed by atoms with Gasteiger partial charge in [0.2, 0.25) is 0 Å². The summed E-state index contributed by atoms with van der Waals surface area (Å²) in [5.74, 6) is 0.807. The molecule has 2 N–H and O–H groups in total. The largest absolute Gasteiger partial charge is 0.487 e. The Bertz CT molecular complexity index is 642. The van der Waals surface area contributed by atoms with Gasteiger partial charge in [0.1, 0.15) is 23.6 Å². The van der Waals surface area contributed by atoms with Crippen LogP contribution in [0, 0.1) is 5.41 Å². The van der Waals surface area contributed by atoms with E-state index in [-0.39, 0.29) is 12.2 Å². The lowest BCUT2D eigenvalue weighted by atomic mass is 9.98. The molecule has 1 aliphatic heterocycles. The summed E-state index contributed by atoms with van der Waals surface area (Å²) in [5.41, 5.74) is 3.75. The molecule has 2 unspecified atom stereocenters. The Labute approximate surface area is 153 Å². The highest BCUT2D eigenvalue weighted by Crippen LogP contribution is 2.30. The van der Waals surface area contributed by atoms with E-state index in [1.165, 1.54) is 11.8 Å². The predicted molar refractivity (Wildman–Crippen MR) is 99.4 cm³/mol. The molecule has 25 heavy (non-hydrogen) atoms. The Morgan fingerprint density at radius 2 is 2.16 bits per heavy atom. The van der Waals surface area contributed by atoms with Gasteiger partial charge in [-0.05, 0) is 70.6 Å². The second-order valence-electron chi connectivity index (χ2n) is 6.98. The van der Waals surface area contributed by atoms with E-state index in [2.05, 4.69) is 5.48 Å². The van der Waals surface area contributed by atoms with Gasteiger partial charge in [-0.2, -0.15) is 5.48 Å². The maximum Gasteiger partial charge on any atom is 0.431 e. The zero-order valence-corrected chi connectivity index (χ0v) is 16.2. The number of hydrogen-bond donors (Lipinski definition) is 2. The molecule has 1 aliphatic rings. The minimum atomic E-state index is -0.615. The molecule has 2 atom stereocenters. The van der Waals surface area contributed by atoms with Crippen LogP contribution in [0.3, 0.4) is 0 Å². The summed E-state index contributed by atoms with van der Waals surface area (Å²) in [5, 5.41) is 8.46. The summed E-state index contributed by atoms with van der Waals surface area (Å²) in [6.07, 6.45) is 2.43. The van der Waals surface area contributed by atoms with E-state index < -0.39 is 11.7 Å². The van der Waals surface area contributed by atoms with Crippen LogP contribution < -0.4 is 10.2 Å². The standard InChI is InChI=1S/C18H26N2O4S/c1-11(24-20-17(21)23-18(2,3)4)14-8-6-12-10-13(16(19)25-5)7-9-15(12)22-14/h7,9-11,14,19H,6,8H2,1-5H3,(H,20,21). The van der Waals surface area contributed by atoms with E-state index in [9.17, 15) is 4.79 Å². The second kappa shape index (κ2) is 8.10. The number of benzene rings is 1. The first-order valence-electron chi connectivity index (χ1n) is 8.26. The molecule has 2 rings (SSSR count). The van der Waals surface area contributed by atoms with Crippen LogP contribution in [0.15, 0.2) is 18.2 Å². The zero-order valence-electron chi connectivity index (χ0n) is 15.3. The second-order valence-corrected chi connectivity index (χ2v) is 7.79. The van der Waals surface area contributed by atoms with Crippen molar-refractivity contribution in [2.24, 2.45) is 0 Å². The van der Waals surface area contributed by atoms with Crippen molar-refractivity contribution in [2.45, 2.75) is 58.3 Å². The third kappa shape index (κ3) is 5.64. The van der Waals surface area contributed by atoms with Crippen molar-refractivity contribution in [3.8, 4) is 5.75 Å². The molecule has 0 fully saturated rings. The molecule has 138 valence electrons. The van der Waals surface area contributed by atoms with Crippen LogP contribution >= 0.6 is 11.8 Å². The molecule has 6 nitrogen and oxygen atoms in total. The number of carbonyl (C=O) groups is 1. The fourth-order valence-corrected chi connectivity index (χ4v) is 2.88. The number of thioether (sulfide) groups is 1. The molecule has 0 aromatic heterocycles. The first kappa shape index (κ1) is 19.6. The summed E-state index contributed by atoms with van der Waals surface area (Å²) in [6, 6.07) is 5.80. The molecule has 1 amide bonds. The highest BCUT2D eigenvalue weighted by Gasteiger charge is 2.27. The SMILES string of the molecule is CSC(=N)c1ccc2c(c1)CCC(C(C)ONC(=O)OC(C)(C)C)O2. The average molecular weight is 366 g/mol. The number of nitrogens with one attached hydrogen (secondary N) is 2. The van der Waals surface area contributed by atoms with Gasteiger partial charge in [0.15, 0.2) is 0 Å². The third-order valence-electron chi connectivity index (χ3n) is 3.75. The Balaban J connectivity index is 1.91. The van der Waals surface area contributed by atoms with Gasteiger partial charge in [0, 0.05) is 5.56 Å². The van der Waals surface area contributed by atoms with Crippen molar-refractivity contribution < 1.29 is 19.1 Å². The van der Waals surface area contributed by atoms with E-state index >= 15 is 0 Å². The van der Waals surface area contributed by atoms with Crippen LogP contribution in [0.1, 0.15) is 45.2 Å². The lowest BCUT2D eigenvalue weighted by molar-refractivity contribution is -0.0775.